The average Bonchev–Trinajstić information content (AvgIpc) is 3.04. The fourth-order valence-corrected chi connectivity index (χ4v) is 4.90. The van der Waals surface area contributed by atoms with E-state index < -0.39 is 30.3 Å². The average molecular weight is 434 g/mol. The van der Waals surface area contributed by atoms with Crippen molar-refractivity contribution in [2.45, 2.75) is 44.4 Å². The summed E-state index contributed by atoms with van der Waals surface area (Å²) < 4.78 is 6.23. The number of fused-ring (bicyclic) bond motifs is 2. The summed E-state index contributed by atoms with van der Waals surface area (Å²) in [5.41, 5.74) is 0.977. The van der Waals surface area contributed by atoms with Gasteiger partial charge in [0.25, 0.3) is 0 Å². The Hall–Kier alpha value is -3.00. The van der Waals surface area contributed by atoms with E-state index in [0.29, 0.717) is 18.6 Å². The first-order valence-corrected chi connectivity index (χ1v) is 11.0. The molecular weight excluding hydrogens is 408 g/mol. The fourth-order valence-electron chi connectivity index (χ4n) is 4.90. The van der Waals surface area contributed by atoms with Gasteiger partial charge in [0.1, 0.15) is 30.2 Å². The van der Waals surface area contributed by atoms with Gasteiger partial charge < -0.3 is 14.9 Å². The number of carbonyl (C=O) groups is 2. The highest BCUT2D eigenvalue weighted by Gasteiger charge is 2.53. The Morgan fingerprint density at radius 3 is 2.62 bits per heavy atom. The molecule has 3 N–H and O–H groups in total. The van der Waals surface area contributed by atoms with Crippen LogP contribution in [-0.4, -0.2) is 45.4 Å². The third-order valence-electron chi connectivity index (χ3n) is 6.62. The first-order chi connectivity index (χ1) is 15.4. The molecule has 1 aliphatic carbocycles. The summed E-state index contributed by atoms with van der Waals surface area (Å²) >= 11 is 0. The number of hydrogen-bond donors (Lipinski definition) is 3. The van der Waals surface area contributed by atoms with E-state index in [9.17, 15) is 19.8 Å². The number of imide groups is 1. The number of likely N-dealkylation sites (tertiary alicyclic amines) is 1. The first-order valence-electron chi connectivity index (χ1n) is 11.0. The molecule has 32 heavy (non-hydrogen) atoms. The molecule has 0 spiro atoms. The van der Waals surface area contributed by atoms with Crippen molar-refractivity contribution in [3.63, 3.8) is 0 Å². The lowest BCUT2D eigenvalue weighted by molar-refractivity contribution is -0.149. The summed E-state index contributed by atoms with van der Waals surface area (Å²) in [6.07, 6.45) is 3.57. The second-order valence-electron chi connectivity index (χ2n) is 8.64. The van der Waals surface area contributed by atoms with Gasteiger partial charge in [0, 0.05) is 0 Å². The molecule has 6 unspecified atom stereocenters. The van der Waals surface area contributed by atoms with Crippen LogP contribution in [0.2, 0.25) is 0 Å². The van der Waals surface area contributed by atoms with Crippen LogP contribution in [0.25, 0.3) is 10.8 Å². The molecule has 7 heteroatoms. The number of nitrogens with one attached hydrogen (secondary N) is 1. The maximum Gasteiger partial charge on any atom is 0.241 e. The summed E-state index contributed by atoms with van der Waals surface area (Å²) in [6.45, 7) is 1.92. The molecule has 2 saturated heterocycles. The topological polar surface area (TPSA) is 99.1 Å². The van der Waals surface area contributed by atoms with Crippen LogP contribution in [0.5, 0.6) is 0 Å². The molecule has 2 fully saturated rings. The third-order valence-corrected chi connectivity index (χ3v) is 6.62. The highest BCUT2D eigenvalue weighted by Crippen LogP contribution is 2.40. The number of hydrogen-bond acceptors (Lipinski definition) is 6. The molecule has 7 nitrogen and oxygen atoms in total. The molecule has 0 aromatic heterocycles. The van der Waals surface area contributed by atoms with Crippen molar-refractivity contribution in [1.82, 2.24) is 10.2 Å². The number of amides is 2. The fraction of sp³-hybridized carbons (Fsp3) is 0.360. The maximum absolute atomic E-state index is 13.3. The quantitative estimate of drug-likeness (QED) is 0.639. The highest BCUT2D eigenvalue weighted by atomic mass is 16.5. The smallest absolute Gasteiger partial charge is 0.241 e. The molecule has 0 radical (unpaired) electrons. The van der Waals surface area contributed by atoms with Gasteiger partial charge in [-0.2, -0.15) is 0 Å². The molecule has 2 aliphatic heterocycles. The van der Waals surface area contributed by atoms with E-state index in [2.05, 4.69) is 17.4 Å². The molecule has 166 valence electrons. The number of rotatable bonds is 4. The van der Waals surface area contributed by atoms with Crippen molar-refractivity contribution in [3.05, 3.63) is 72.0 Å². The van der Waals surface area contributed by atoms with Crippen molar-refractivity contribution < 1.29 is 24.5 Å². The lowest BCUT2D eigenvalue weighted by atomic mass is 9.89. The van der Waals surface area contributed by atoms with E-state index >= 15 is 0 Å². The van der Waals surface area contributed by atoms with Crippen molar-refractivity contribution in [3.8, 4) is 0 Å². The van der Waals surface area contributed by atoms with Crippen LogP contribution < -0.4 is 5.32 Å². The number of ether oxygens (including phenoxy) is 1. The van der Waals surface area contributed by atoms with Gasteiger partial charge in [-0.1, -0.05) is 48.6 Å². The Bertz CT molecular complexity index is 1130. The van der Waals surface area contributed by atoms with Gasteiger partial charge in [-0.15, -0.1) is 0 Å². The minimum absolute atomic E-state index is 0.313. The van der Waals surface area contributed by atoms with Crippen LogP contribution in [0.15, 0.2) is 66.5 Å². The van der Waals surface area contributed by atoms with Crippen molar-refractivity contribution in [2.24, 2.45) is 11.8 Å². The predicted molar refractivity (Wildman–Crippen MR) is 118 cm³/mol. The number of aliphatic hydroxyl groups excluding tert-OH is 2. The summed E-state index contributed by atoms with van der Waals surface area (Å²) in [7, 11) is 0. The van der Waals surface area contributed by atoms with E-state index in [-0.39, 0.29) is 17.9 Å². The van der Waals surface area contributed by atoms with E-state index in [4.69, 9.17) is 4.74 Å². The Balaban J connectivity index is 1.37. The Kier molecular flexibility index (Phi) is 5.33. The summed E-state index contributed by atoms with van der Waals surface area (Å²) in [4.78, 5) is 27.6. The zero-order valence-electron chi connectivity index (χ0n) is 17.7. The molecule has 6 atom stereocenters. The third kappa shape index (κ3) is 3.52. The van der Waals surface area contributed by atoms with Gasteiger partial charge in [0.2, 0.25) is 11.8 Å². The van der Waals surface area contributed by atoms with Gasteiger partial charge >= 0.3 is 0 Å². The Morgan fingerprint density at radius 2 is 1.84 bits per heavy atom. The van der Waals surface area contributed by atoms with Crippen molar-refractivity contribution >= 4 is 22.6 Å². The molecule has 2 aromatic carbocycles. The monoisotopic (exact) mass is 434 g/mol. The minimum Gasteiger partial charge on any atom is -0.489 e. The largest absolute Gasteiger partial charge is 0.489 e. The molecule has 3 aliphatic rings. The number of benzene rings is 2. The number of carbonyl (C=O) groups excluding carboxylic acids is 2. The van der Waals surface area contributed by atoms with E-state index in [1.165, 1.54) is 0 Å². The second kappa shape index (κ2) is 8.16. The number of aliphatic hydroxyl groups is 2. The van der Waals surface area contributed by atoms with Crippen LogP contribution in [-0.2, 0) is 14.3 Å². The van der Waals surface area contributed by atoms with Gasteiger partial charge in [-0.25, -0.2) is 0 Å². The van der Waals surface area contributed by atoms with E-state index in [0.717, 1.165) is 21.2 Å². The molecule has 2 amide bonds. The molecule has 0 saturated carbocycles. The molecule has 5 rings (SSSR count). The van der Waals surface area contributed by atoms with Crippen molar-refractivity contribution in [1.29, 1.82) is 0 Å². The van der Waals surface area contributed by atoms with E-state index in [1.807, 2.05) is 37.3 Å². The maximum atomic E-state index is 13.3. The van der Waals surface area contributed by atoms with Crippen LogP contribution in [0, 0.1) is 11.8 Å². The van der Waals surface area contributed by atoms with Crippen LogP contribution in [0.3, 0.4) is 0 Å². The van der Waals surface area contributed by atoms with Gasteiger partial charge in [0.05, 0.1) is 12.0 Å². The van der Waals surface area contributed by atoms with Crippen LogP contribution in [0.1, 0.15) is 31.4 Å². The summed E-state index contributed by atoms with van der Waals surface area (Å²) in [5.74, 6) is -1.65. The first kappa shape index (κ1) is 20.9. The second-order valence-corrected chi connectivity index (χ2v) is 8.64. The Morgan fingerprint density at radius 1 is 1.06 bits per heavy atom. The van der Waals surface area contributed by atoms with Crippen LogP contribution >= 0.6 is 0 Å². The van der Waals surface area contributed by atoms with Crippen molar-refractivity contribution in [2.75, 3.05) is 0 Å². The van der Waals surface area contributed by atoms with Gasteiger partial charge in [-0.3, -0.25) is 19.8 Å². The zero-order valence-corrected chi connectivity index (χ0v) is 17.7. The zero-order chi connectivity index (χ0) is 22.4. The predicted octanol–water partition coefficient (Wildman–Crippen LogP) is 2.36. The highest BCUT2D eigenvalue weighted by molar-refractivity contribution is 6.08. The van der Waals surface area contributed by atoms with Gasteiger partial charge in [0.15, 0.2) is 0 Å². The number of allylic oxidation sites excluding steroid dienone is 2. The molecular formula is C25H26N2O5. The molecule has 2 aromatic rings. The molecule has 0 bridgehead atoms. The summed E-state index contributed by atoms with van der Waals surface area (Å²) in [6, 6.07) is 13.5. The summed E-state index contributed by atoms with van der Waals surface area (Å²) in [5, 5.41) is 24.9. The van der Waals surface area contributed by atoms with Gasteiger partial charge in [-0.05, 0) is 48.2 Å². The number of nitrogens with zero attached hydrogens (tertiary/aromatic N) is 1. The Labute approximate surface area is 186 Å². The van der Waals surface area contributed by atoms with E-state index in [1.54, 1.807) is 18.2 Å². The molecule has 2 heterocycles. The van der Waals surface area contributed by atoms with Crippen LogP contribution in [0.4, 0.5) is 0 Å². The normalized spacial score (nSPS) is 30.9. The standard InChI is InChI=1S/C25H26N2O5/c1-14(16-10-9-15-5-2-3-6-17(15)13-16)32-20-8-4-7-18-22(20)25(31)27(24(18)30)19-11-12-21(28)26-23(19)29/h2-10,13-14,18-19,21-23,26,28-29H,11-12H2,1H3. The SMILES string of the molecule is CC(OC1=CC=CC2C(=O)N(C3CCC(O)NC3O)C(=O)C12)c1ccc2ccccc2c1. The number of piperidine rings is 1. The lowest BCUT2D eigenvalue weighted by Gasteiger charge is -2.36. The minimum atomic E-state index is -1.17. The lowest BCUT2D eigenvalue weighted by Crippen LogP contribution is -2.58.